The molecule has 27 heavy (non-hydrogen) atoms. The van der Waals surface area contributed by atoms with E-state index in [0.717, 1.165) is 38.9 Å². The van der Waals surface area contributed by atoms with Crippen molar-refractivity contribution >= 4 is 41.5 Å². The van der Waals surface area contributed by atoms with Crippen molar-refractivity contribution in [3.8, 4) is 0 Å². The van der Waals surface area contributed by atoms with Crippen LogP contribution in [0.25, 0.3) is 0 Å². The second-order valence-corrected chi connectivity index (χ2v) is 6.79. The van der Waals surface area contributed by atoms with Gasteiger partial charge in [-0.2, -0.15) is 0 Å². The van der Waals surface area contributed by atoms with Gasteiger partial charge in [-0.15, -0.1) is 12.4 Å². The van der Waals surface area contributed by atoms with E-state index in [1.807, 2.05) is 11.9 Å². The van der Waals surface area contributed by atoms with Crippen LogP contribution < -0.4 is 16.0 Å². The summed E-state index contributed by atoms with van der Waals surface area (Å²) in [4.78, 5) is 37.4. The zero-order valence-electron chi connectivity index (χ0n) is 16.1. The quantitative estimate of drug-likeness (QED) is 0.689. The van der Waals surface area contributed by atoms with Crippen LogP contribution in [0.15, 0.2) is 18.2 Å². The number of hydrogen-bond donors (Lipinski definition) is 3. The van der Waals surface area contributed by atoms with E-state index in [-0.39, 0.29) is 30.1 Å². The van der Waals surface area contributed by atoms with Crippen LogP contribution in [0.2, 0.25) is 0 Å². The number of hydrogen-bond acceptors (Lipinski definition) is 4. The molecule has 3 N–H and O–H groups in total. The summed E-state index contributed by atoms with van der Waals surface area (Å²) in [5.41, 5.74) is 1.46. The minimum absolute atomic E-state index is 0. The lowest BCUT2D eigenvalue weighted by molar-refractivity contribution is -0.115. The summed E-state index contributed by atoms with van der Waals surface area (Å²) in [5.74, 6) is 0.116. The smallest absolute Gasteiger partial charge is 0.254 e. The van der Waals surface area contributed by atoms with Crippen molar-refractivity contribution in [2.24, 2.45) is 5.92 Å². The van der Waals surface area contributed by atoms with Crippen LogP contribution in [0, 0.1) is 5.92 Å². The van der Waals surface area contributed by atoms with Crippen molar-refractivity contribution in [2.75, 3.05) is 37.3 Å². The Balaban J connectivity index is 0.00000364. The van der Waals surface area contributed by atoms with Gasteiger partial charge in [0, 0.05) is 43.9 Å². The Kier molecular flexibility index (Phi) is 9.25. The van der Waals surface area contributed by atoms with Gasteiger partial charge in [-0.3, -0.25) is 14.4 Å². The van der Waals surface area contributed by atoms with Crippen LogP contribution in [0.5, 0.6) is 0 Å². The summed E-state index contributed by atoms with van der Waals surface area (Å²) < 4.78 is 0. The fourth-order valence-corrected chi connectivity index (χ4v) is 3.26. The number of carbonyl (C=O) groups is 3. The second-order valence-electron chi connectivity index (χ2n) is 6.79. The van der Waals surface area contributed by atoms with Crippen molar-refractivity contribution in [1.82, 2.24) is 10.2 Å². The number of amides is 3. The number of nitrogens with zero attached hydrogens (tertiary/aromatic N) is 1. The van der Waals surface area contributed by atoms with Gasteiger partial charge in [-0.1, -0.05) is 0 Å². The average molecular weight is 397 g/mol. The molecule has 0 spiro atoms. The Morgan fingerprint density at radius 3 is 1.96 bits per heavy atom. The summed E-state index contributed by atoms with van der Waals surface area (Å²) in [5, 5.41) is 8.53. The Bertz CT molecular complexity index is 639. The molecule has 0 bridgehead atoms. The SMILES string of the molecule is CNCCC1CCN(C(=O)c2cc(NC(C)=O)cc(NC(C)=O)c2)CC1.Cl. The zero-order chi connectivity index (χ0) is 19.1. The Morgan fingerprint density at radius 2 is 1.52 bits per heavy atom. The third-order valence-corrected chi connectivity index (χ3v) is 4.53. The van der Waals surface area contributed by atoms with Crippen molar-refractivity contribution in [3.63, 3.8) is 0 Å². The molecule has 0 radical (unpaired) electrons. The molecule has 0 aromatic heterocycles. The predicted octanol–water partition coefficient (Wildman–Crippen LogP) is 2.49. The molecule has 1 aliphatic heterocycles. The molecule has 150 valence electrons. The summed E-state index contributed by atoms with van der Waals surface area (Å²) >= 11 is 0. The average Bonchev–Trinajstić information content (AvgIpc) is 2.58. The van der Waals surface area contributed by atoms with E-state index in [9.17, 15) is 14.4 Å². The van der Waals surface area contributed by atoms with E-state index >= 15 is 0 Å². The number of piperidine rings is 1. The number of nitrogens with one attached hydrogen (secondary N) is 3. The summed E-state index contributed by atoms with van der Waals surface area (Å²) in [6.45, 7) is 5.27. The second kappa shape index (κ2) is 10.9. The first kappa shape index (κ1) is 22.9. The first-order valence-corrected chi connectivity index (χ1v) is 9.03. The molecule has 7 nitrogen and oxygen atoms in total. The lowest BCUT2D eigenvalue weighted by Gasteiger charge is -2.32. The molecule has 1 saturated heterocycles. The molecular formula is C19H29ClN4O3. The molecule has 3 amide bonds. The van der Waals surface area contributed by atoms with Crippen molar-refractivity contribution in [3.05, 3.63) is 23.8 Å². The molecule has 0 saturated carbocycles. The van der Waals surface area contributed by atoms with Gasteiger partial charge in [0.2, 0.25) is 11.8 Å². The fourth-order valence-electron chi connectivity index (χ4n) is 3.26. The Morgan fingerprint density at radius 1 is 1.00 bits per heavy atom. The molecule has 1 aromatic carbocycles. The van der Waals surface area contributed by atoms with Crippen molar-refractivity contribution < 1.29 is 14.4 Å². The highest BCUT2D eigenvalue weighted by Crippen LogP contribution is 2.24. The molecular weight excluding hydrogens is 368 g/mol. The fraction of sp³-hybridized carbons (Fsp3) is 0.526. The van der Waals surface area contributed by atoms with E-state index in [2.05, 4.69) is 16.0 Å². The largest absolute Gasteiger partial charge is 0.339 e. The van der Waals surface area contributed by atoms with Crippen LogP contribution in [-0.4, -0.2) is 49.3 Å². The van der Waals surface area contributed by atoms with Crippen LogP contribution in [0.3, 0.4) is 0 Å². The molecule has 0 aliphatic carbocycles. The molecule has 0 atom stereocenters. The minimum Gasteiger partial charge on any atom is -0.339 e. The van der Waals surface area contributed by atoms with E-state index in [4.69, 9.17) is 0 Å². The maximum absolute atomic E-state index is 12.9. The third kappa shape index (κ3) is 7.19. The number of anilines is 2. The highest BCUT2D eigenvalue weighted by Gasteiger charge is 2.24. The number of rotatable bonds is 6. The number of benzene rings is 1. The first-order chi connectivity index (χ1) is 12.4. The third-order valence-electron chi connectivity index (χ3n) is 4.53. The van der Waals surface area contributed by atoms with E-state index < -0.39 is 0 Å². The van der Waals surface area contributed by atoms with Gasteiger partial charge in [-0.05, 0) is 57.0 Å². The lowest BCUT2D eigenvalue weighted by Crippen LogP contribution is -2.39. The predicted molar refractivity (Wildman–Crippen MR) is 109 cm³/mol. The summed E-state index contributed by atoms with van der Waals surface area (Å²) in [6, 6.07) is 4.95. The number of carbonyl (C=O) groups excluding carboxylic acids is 3. The van der Waals surface area contributed by atoms with E-state index in [1.54, 1.807) is 18.2 Å². The zero-order valence-corrected chi connectivity index (χ0v) is 16.9. The van der Waals surface area contributed by atoms with E-state index in [0.29, 0.717) is 22.9 Å². The lowest BCUT2D eigenvalue weighted by atomic mass is 9.93. The minimum atomic E-state index is -0.228. The highest BCUT2D eigenvalue weighted by atomic mass is 35.5. The van der Waals surface area contributed by atoms with Gasteiger partial charge >= 0.3 is 0 Å². The Labute approximate surface area is 166 Å². The van der Waals surface area contributed by atoms with E-state index in [1.165, 1.54) is 13.8 Å². The van der Waals surface area contributed by atoms with Crippen LogP contribution in [0.1, 0.15) is 43.5 Å². The Hall–Kier alpha value is -2.12. The molecule has 2 rings (SSSR count). The van der Waals surface area contributed by atoms with Gasteiger partial charge in [0.15, 0.2) is 0 Å². The van der Waals surface area contributed by atoms with Crippen LogP contribution in [-0.2, 0) is 9.59 Å². The molecule has 1 heterocycles. The van der Waals surface area contributed by atoms with Gasteiger partial charge < -0.3 is 20.9 Å². The normalized spacial score (nSPS) is 14.3. The highest BCUT2D eigenvalue weighted by molar-refractivity contribution is 6.00. The van der Waals surface area contributed by atoms with Crippen molar-refractivity contribution in [2.45, 2.75) is 33.1 Å². The standard InChI is InChI=1S/C19H28N4O3.ClH/c1-13(24)21-17-10-16(11-18(12-17)22-14(2)25)19(26)23-8-5-15(6-9-23)4-7-20-3;/h10-12,15,20H,4-9H2,1-3H3,(H,21,24)(H,22,25);1H. The molecule has 1 aromatic rings. The van der Waals surface area contributed by atoms with Crippen LogP contribution in [0.4, 0.5) is 11.4 Å². The van der Waals surface area contributed by atoms with Gasteiger partial charge in [-0.25, -0.2) is 0 Å². The number of halogens is 1. The van der Waals surface area contributed by atoms with Crippen LogP contribution >= 0.6 is 12.4 Å². The summed E-state index contributed by atoms with van der Waals surface area (Å²) in [6.07, 6.45) is 3.12. The molecule has 1 fully saturated rings. The first-order valence-electron chi connectivity index (χ1n) is 9.03. The number of likely N-dealkylation sites (tertiary alicyclic amines) is 1. The maximum Gasteiger partial charge on any atom is 0.254 e. The van der Waals surface area contributed by atoms with Gasteiger partial charge in [0.05, 0.1) is 0 Å². The van der Waals surface area contributed by atoms with Gasteiger partial charge in [0.25, 0.3) is 5.91 Å². The van der Waals surface area contributed by atoms with Gasteiger partial charge in [0.1, 0.15) is 0 Å². The topological polar surface area (TPSA) is 90.5 Å². The maximum atomic E-state index is 12.9. The van der Waals surface area contributed by atoms with Crippen molar-refractivity contribution in [1.29, 1.82) is 0 Å². The molecule has 8 heteroatoms. The monoisotopic (exact) mass is 396 g/mol. The summed E-state index contributed by atoms with van der Waals surface area (Å²) in [7, 11) is 1.95. The molecule has 0 unspecified atom stereocenters. The molecule has 1 aliphatic rings.